The van der Waals surface area contributed by atoms with E-state index in [1.54, 1.807) is 31.3 Å². The first-order valence-electron chi connectivity index (χ1n) is 15.8. The highest BCUT2D eigenvalue weighted by Gasteiger charge is 2.34. The van der Waals surface area contributed by atoms with E-state index >= 15 is 0 Å². The number of fused-ring (bicyclic) bond motifs is 1. The number of aromatic nitrogens is 1. The number of benzene rings is 2. The number of primary amides is 1. The summed E-state index contributed by atoms with van der Waals surface area (Å²) in [6.07, 6.45) is 2.44. The van der Waals surface area contributed by atoms with Gasteiger partial charge in [0.2, 0.25) is 29.4 Å². The predicted octanol–water partition coefficient (Wildman–Crippen LogP) is 1.74. The molecule has 0 radical (unpaired) electrons. The lowest BCUT2D eigenvalue weighted by molar-refractivity contribution is -0.142. The Morgan fingerprint density at radius 1 is 0.809 bits per heavy atom. The van der Waals surface area contributed by atoms with Gasteiger partial charge in [-0.2, -0.15) is 0 Å². The molecule has 1 heterocycles. The Balaban J connectivity index is 1.60. The van der Waals surface area contributed by atoms with Gasteiger partial charge in [0.25, 0.3) is 5.91 Å². The zero-order chi connectivity index (χ0) is 34.5. The first kappa shape index (κ1) is 36.3. The van der Waals surface area contributed by atoms with Crippen LogP contribution < -0.4 is 27.0 Å². The molecule has 0 saturated carbocycles. The van der Waals surface area contributed by atoms with E-state index in [0.29, 0.717) is 18.5 Å². The normalized spacial score (nSPS) is 13.6. The van der Waals surface area contributed by atoms with Crippen LogP contribution in [-0.4, -0.2) is 65.0 Å². The molecule has 4 unspecified atom stereocenters. The average Bonchev–Trinajstić information content (AvgIpc) is 3.04. The number of Topliss-reactive ketones (excluding diaryl/α,β-unsaturated/α-hetero) is 1. The van der Waals surface area contributed by atoms with Gasteiger partial charge in [-0.3, -0.25) is 33.8 Å². The van der Waals surface area contributed by atoms with Gasteiger partial charge in [0.15, 0.2) is 0 Å². The Bertz CT molecular complexity index is 1580. The molecule has 12 heteroatoms. The van der Waals surface area contributed by atoms with Crippen molar-refractivity contribution < 1.29 is 28.8 Å². The van der Waals surface area contributed by atoms with E-state index in [0.717, 1.165) is 16.3 Å². The first-order valence-corrected chi connectivity index (χ1v) is 15.8. The quantitative estimate of drug-likeness (QED) is 0.138. The second kappa shape index (κ2) is 17.5. The van der Waals surface area contributed by atoms with E-state index in [1.165, 1.54) is 0 Å². The molecule has 0 aliphatic carbocycles. The summed E-state index contributed by atoms with van der Waals surface area (Å²) in [5.41, 5.74) is 6.86. The monoisotopic (exact) mass is 644 g/mol. The molecular weight excluding hydrogens is 600 g/mol. The fraction of sp³-hybridized carbons (Fsp3) is 0.400. The maximum atomic E-state index is 13.4. The van der Waals surface area contributed by atoms with Crippen LogP contribution in [0.4, 0.5) is 0 Å². The van der Waals surface area contributed by atoms with Crippen molar-refractivity contribution in [3.05, 3.63) is 78.1 Å². The van der Waals surface area contributed by atoms with Gasteiger partial charge in [0.05, 0.1) is 19.0 Å². The van der Waals surface area contributed by atoms with Crippen LogP contribution in [0, 0.1) is 11.8 Å². The number of pyridine rings is 1. The van der Waals surface area contributed by atoms with Gasteiger partial charge < -0.3 is 27.0 Å². The molecule has 47 heavy (non-hydrogen) atoms. The highest BCUT2D eigenvalue weighted by molar-refractivity contribution is 6.38. The number of hydrogen-bond acceptors (Lipinski definition) is 7. The molecule has 0 bridgehead atoms. The molecule has 3 aromatic rings. The average molecular weight is 645 g/mol. The van der Waals surface area contributed by atoms with E-state index in [9.17, 15) is 28.8 Å². The van der Waals surface area contributed by atoms with E-state index in [1.807, 2.05) is 63.2 Å². The molecule has 0 aliphatic heterocycles. The maximum Gasteiger partial charge on any atom is 0.290 e. The third kappa shape index (κ3) is 11.3. The lowest BCUT2D eigenvalue weighted by Crippen LogP contribution is -2.57. The molecule has 0 saturated heterocycles. The largest absolute Gasteiger partial charge is 0.368 e. The fourth-order valence-corrected chi connectivity index (χ4v) is 5.03. The summed E-state index contributed by atoms with van der Waals surface area (Å²) < 4.78 is 0. The molecule has 4 atom stereocenters. The third-order valence-corrected chi connectivity index (χ3v) is 7.79. The number of carbonyl (C=O) groups is 6. The van der Waals surface area contributed by atoms with Crippen LogP contribution in [0.15, 0.2) is 66.9 Å². The lowest BCUT2D eigenvalue weighted by Gasteiger charge is -2.26. The summed E-state index contributed by atoms with van der Waals surface area (Å²) in [6.45, 7) is 6.72. The number of hydrogen-bond donors (Lipinski definition) is 5. The van der Waals surface area contributed by atoms with Crippen LogP contribution in [0.3, 0.4) is 0 Å². The number of carbonyl (C=O) groups excluding carboxylic acids is 6. The van der Waals surface area contributed by atoms with Crippen molar-refractivity contribution in [2.75, 3.05) is 6.54 Å². The van der Waals surface area contributed by atoms with Gasteiger partial charge >= 0.3 is 0 Å². The van der Waals surface area contributed by atoms with Gasteiger partial charge in [0, 0.05) is 18.3 Å². The van der Waals surface area contributed by atoms with Crippen molar-refractivity contribution in [2.24, 2.45) is 17.6 Å². The Hall–Kier alpha value is -5.13. The summed E-state index contributed by atoms with van der Waals surface area (Å²) in [7, 11) is 0. The van der Waals surface area contributed by atoms with Crippen LogP contribution in [-0.2, 0) is 41.6 Å². The topological polar surface area (TPSA) is 189 Å². The molecule has 12 nitrogen and oxygen atoms in total. The van der Waals surface area contributed by atoms with Crippen molar-refractivity contribution in [1.29, 1.82) is 0 Å². The molecule has 3 rings (SSSR count). The van der Waals surface area contributed by atoms with E-state index in [2.05, 4.69) is 26.3 Å². The maximum absolute atomic E-state index is 13.4. The predicted molar refractivity (Wildman–Crippen MR) is 178 cm³/mol. The molecular formula is C35H44N6O6. The second-order valence-corrected chi connectivity index (χ2v) is 12.1. The fourth-order valence-electron chi connectivity index (χ4n) is 5.03. The van der Waals surface area contributed by atoms with E-state index < -0.39 is 65.9 Å². The minimum absolute atomic E-state index is 0.0280. The van der Waals surface area contributed by atoms with Crippen molar-refractivity contribution in [2.45, 2.75) is 71.5 Å². The second-order valence-electron chi connectivity index (χ2n) is 12.1. The van der Waals surface area contributed by atoms with Crippen LogP contribution in [0.25, 0.3) is 10.8 Å². The standard InChI is InChI=1S/C35H44N6O6/c1-5-22(4)31(41-34(46)28(16-21(2)3)40-29(42)19-26-12-8-9-15-37-26)32(44)35(47)38-20-30(43)39-27(33(36)45)18-23-13-14-24-10-6-7-11-25(24)17-23/h6-15,17,21-22,27-28,31H,5,16,18-20H2,1-4H3,(H2,36,45)(H,38,47)(H,39,43)(H,40,42)(H,41,46). The highest BCUT2D eigenvalue weighted by Crippen LogP contribution is 2.17. The lowest BCUT2D eigenvalue weighted by atomic mass is 9.93. The molecule has 0 spiro atoms. The molecule has 0 aliphatic rings. The number of rotatable bonds is 17. The Morgan fingerprint density at radius 2 is 1.49 bits per heavy atom. The van der Waals surface area contributed by atoms with Gasteiger partial charge in [-0.1, -0.05) is 82.6 Å². The molecule has 250 valence electrons. The Morgan fingerprint density at radius 3 is 2.13 bits per heavy atom. The number of nitrogens with two attached hydrogens (primary N) is 1. The third-order valence-electron chi connectivity index (χ3n) is 7.79. The van der Waals surface area contributed by atoms with Crippen molar-refractivity contribution in [3.8, 4) is 0 Å². The summed E-state index contributed by atoms with van der Waals surface area (Å²) in [5.74, 6) is -4.89. The minimum atomic E-state index is -1.20. The molecule has 1 aromatic heterocycles. The molecule has 5 amide bonds. The highest BCUT2D eigenvalue weighted by atomic mass is 16.2. The van der Waals surface area contributed by atoms with E-state index in [-0.39, 0.29) is 18.8 Å². The van der Waals surface area contributed by atoms with Crippen LogP contribution >= 0.6 is 0 Å². The summed E-state index contributed by atoms with van der Waals surface area (Å²) in [5, 5.41) is 12.2. The first-order chi connectivity index (χ1) is 22.4. The van der Waals surface area contributed by atoms with Gasteiger partial charge in [-0.05, 0) is 46.7 Å². The molecule has 6 N–H and O–H groups in total. The van der Waals surface area contributed by atoms with Crippen molar-refractivity contribution in [1.82, 2.24) is 26.3 Å². The van der Waals surface area contributed by atoms with Crippen molar-refractivity contribution in [3.63, 3.8) is 0 Å². The molecule has 2 aromatic carbocycles. The number of ketones is 1. The zero-order valence-corrected chi connectivity index (χ0v) is 27.2. The Labute approximate surface area is 274 Å². The number of amides is 5. The zero-order valence-electron chi connectivity index (χ0n) is 27.2. The van der Waals surface area contributed by atoms with Gasteiger partial charge in [-0.25, -0.2) is 0 Å². The number of nitrogens with one attached hydrogen (secondary N) is 4. The smallest absolute Gasteiger partial charge is 0.290 e. The minimum Gasteiger partial charge on any atom is -0.368 e. The van der Waals surface area contributed by atoms with Crippen LogP contribution in [0.5, 0.6) is 0 Å². The van der Waals surface area contributed by atoms with Crippen molar-refractivity contribution >= 4 is 46.1 Å². The van der Waals surface area contributed by atoms with Crippen LogP contribution in [0.2, 0.25) is 0 Å². The molecule has 0 fully saturated rings. The SMILES string of the molecule is CCC(C)C(NC(=O)C(CC(C)C)NC(=O)Cc1ccccn1)C(=O)C(=O)NCC(=O)NC(Cc1ccc2ccccc2c1)C(N)=O. The number of nitrogens with zero attached hydrogens (tertiary/aromatic N) is 1. The van der Waals surface area contributed by atoms with E-state index in [4.69, 9.17) is 5.73 Å². The van der Waals surface area contributed by atoms with Gasteiger partial charge in [-0.15, -0.1) is 0 Å². The summed E-state index contributed by atoms with van der Waals surface area (Å²) in [4.78, 5) is 81.2. The Kier molecular flexibility index (Phi) is 13.6. The summed E-state index contributed by atoms with van der Waals surface area (Å²) in [6, 6.07) is 15.3. The van der Waals surface area contributed by atoms with Gasteiger partial charge in [0.1, 0.15) is 12.1 Å². The van der Waals surface area contributed by atoms with Crippen LogP contribution in [0.1, 0.15) is 51.8 Å². The summed E-state index contributed by atoms with van der Waals surface area (Å²) >= 11 is 0.